The molecule has 1 aliphatic heterocycles. The highest BCUT2D eigenvalue weighted by Crippen LogP contribution is 2.31. The zero-order valence-electron chi connectivity index (χ0n) is 23.7. The van der Waals surface area contributed by atoms with Crippen molar-refractivity contribution < 1.29 is 14.3 Å². The smallest absolute Gasteiger partial charge is 0.341 e. The molecule has 0 aliphatic carbocycles. The number of nitrogens with zero attached hydrogens (tertiary/aromatic N) is 6. The summed E-state index contributed by atoms with van der Waals surface area (Å²) >= 11 is 6.28. The standard InChI is InChI=1S/C31H32ClN7O3/c1-20-12-15-38(28(40)11-14-33)17-27(20)37(3)29-23-13-16-39(30(23)35-18-34-29)19-42-31(41)22-7-4-5-9-26(22)36-25-10-6-8-24(32)21(25)2/h4-10,13,16,18,20,27,36H,11-12,15,17,19H2,1-3H3/t20-,27+/m1/s1. The zero-order valence-corrected chi connectivity index (χ0v) is 24.5. The number of hydrogen-bond acceptors (Lipinski definition) is 8. The van der Waals surface area contributed by atoms with Crippen molar-refractivity contribution in [2.24, 2.45) is 5.92 Å². The summed E-state index contributed by atoms with van der Waals surface area (Å²) in [4.78, 5) is 38.5. The SMILES string of the molecule is Cc1c(Cl)cccc1Nc1ccccc1C(=O)OCn1ccc2c(N(C)[C@H]3CN(C(=O)CC#N)CC[C@H]3C)ncnc21. The van der Waals surface area contributed by atoms with E-state index in [-0.39, 0.29) is 25.1 Å². The monoisotopic (exact) mass is 585 g/mol. The number of halogens is 1. The van der Waals surface area contributed by atoms with E-state index in [0.29, 0.717) is 40.9 Å². The maximum Gasteiger partial charge on any atom is 0.341 e. The van der Waals surface area contributed by atoms with Crippen LogP contribution in [-0.4, -0.2) is 57.5 Å². The number of rotatable bonds is 8. The van der Waals surface area contributed by atoms with Crippen LogP contribution < -0.4 is 10.2 Å². The average Bonchev–Trinajstić information content (AvgIpc) is 3.42. The molecule has 5 rings (SSSR count). The van der Waals surface area contributed by atoms with E-state index in [1.807, 2.05) is 62.6 Å². The number of nitrogens with one attached hydrogen (secondary N) is 1. The molecule has 2 aromatic heterocycles. The molecule has 1 amide bonds. The third kappa shape index (κ3) is 5.87. The minimum Gasteiger partial charge on any atom is -0.440 e. The number of likely N-dealkylation sites (N-methyl/N-ethyl adjacent to an activating group) is 1. The number of benzene rings is 2. The van der Waals surface area contributed by atoms with E-state index in [0.717, 1.165) is 28.9 Å². The number of fused-ring (bicyclic) bond motifs is 1. The van der Waals surface area contributed by atoms with E-state index in [2.05, 4.69) is 27.1 Å². The van der Waals surface area contributed by atoms with Crippen molar-refractivity contribution >= 4 is 51.7 Å². The quantitative estimate of drug-likeness (QED) is 0.268. The summed E-state index contributed by atoms with van der Waals surface area (Å²) in [6, 6.07) is 16.6. The Morgan fingerprint density at radius 1 is 1.17 bits per heavy atom. The lowest BCUT2D eigenvalue weighted by Gasteiger charge is -2.42. The van der Waals surface area contributed by atoms with Gasteiger partial charge in [-0.05, 0) is 55.2 Å². The molecule has 0 spiro atoms. The molecule has 1 saturated heterocycles. The van der Waals surface area contributed by atoms with Crippen molar-refractivity contribution in [3.8, 4) is 6.07 Å². The highest BCUT2D eigenvalue weighted by molar-refractivity contribution is 6.31. The third-order valence-corrected chi connectivity index (χ3v) is 8.30. The van der Waals surface area contributed by atoms with Gasteiger partial charge in [0.05, 0.1) is 28.7 Å². The summed E-state index contributed by atoms with van der Waals surface area (Å²) in [5.41, 5.74) is 3.31. The number of likely N-dealkylation sites (tertiary alicyclic amines) is 1. The fourth-order valence-corrected chi connectivity index (χ4v) is 5.53. The fraction of sp³-hybridized carbons (Fsp3) is 0.323. The van der Waals surface area contributed by atoms with Gasteiger partial charge in [-0.15, -0.1) is 0 Å². The molecular formula is C31H32ClN7O3. The molecule has 1 N–H and O–H groups in total. The van der Waals surface area contributed by atoms with E-state index in [1.165, 1.54) is 6.33 Å². The summed E-state index contributed by atoms with van der Waals surface area (Å²) in [7, 11) is 1.96. The van der Waals surface area contributed by atoms with Crippen LogP contribution in [-0.2, 0) is 16.3 Å². The molecular weight excluding hydrogens is 554 g/mol. The topological polar surface area (TPSA) is 116 Å². The Balaban J connectivity index is 1.32. The molecule has 3 heterocycles. The first kappa shape index (κ1) is 28.9. The van der Waals surface area contributed by atoms with Gasteiger partial charge >= 0.3 is 5.97 Å². The van der Waals surface area contributed by atoms with Gasteiger partial charge in [-0.25, -0.2) is 14.8 Å². The first-order valence-corrected chi connectivity index (χ1v) is 14.1. The van der Waals surface area contributed by atoms with Gasteiger partial charge < -0.3 is 19.9 Å². The second-order valence-corrected chi connectivity index (χ2v) is 10.9. The van der Waals surface area contributed by atoms with Gasteiger partial charge in [0.2, 0.25) is 5.91 Å². The van der Waals surface area contributed by atoms with Crippen LogP contribution in [0.15, 0.2) is 61.1 Å². The number of piperidine rings is 1. The molecule has 42 heavy (non-hydrogen) atoms. The van der Waals surface area contributed by atoms with Crippen LogP contribution >= 0.6 is 11.6 Å². The Bertz CT molecular complexity index is 1660. The largest absolute Gasteiger partial charge is 0.440 e. The van der Waals surface area contributed by atoms with Crippen LogP contribution in [0.3, 0.4) is 0 Å². The predicted molar refractivity (Wildman–Crippen MR) is 162 cm³/mol. The summed E-state index contributed by atoms with van der Waals surface area (Å²) in [6.45, 7) is 5.20. The van der Waals surface area contributed by atoms with Gasteiger partial charge in [-0.3, -0.25) is 9.36 Å². The Morgan fingerprint density at radius 3 is 2.76 bits per heavy atom. The maximum atomic E-state index is 13.2. The number of carbonyl (C=O) groups excluding carboxylic acids is 2. The highest BCUT2D eigenvalue weighted by atomic mass is 35.5. The van der Waals surface area contributed by atoms with Crippen LogP contribution in [0.4, 0.5) is 17.2 Å². The zero-order chi connectivity index (χ0) is 29.8. The van der Waals surface area contributed by atoms with Gasteiger partial charge in [0.15, 0.2) is 6.73 Å². The van der Waals surface area contributed by atoms with Crippen molar-refractivity contribution in [2.45, 2.75) is 39.5 Å². The van der Waals surface area contributed by atoms with E-state index in [9.17, 15) is 9.59 Å². The normalized spacial score (nSPS) is 16.6. The molecule has 0 bridgehead atoms. The number of anilines is 3. The molecule has 1 fully saturated rings. The van der Waals surface area contributed by atoms with E-state index in [1.54, 1.807) is 21.6 Å². The molecule has 0 radical (unpaired) electrons. The molecule has 10 nitrogen and oxygen atoms in total. The van der Waals surface area contributed by atoms with Gasteiger partial charge in [0.1, 0.15) is 24.2 Å². The van der Waals surface area contributed by atoms with Crippen LogP contribution in [0.1, 0.15) is 35.7 Å². The number of para-hydroxylation sites is 1. The summed E-state index contributed by atoms with van der Waals surface area (Å²) in [5.74, 6) is 0.411. The van der Waals surface area contributed by atoms with Crippen LogP contribution in [0.25, 0.3) is 11.0 Å². The van der Waals surface area contributed by atoms with Crippen molar-refractivity contribution in [3.05, 3.63) is 77.2 Å². The van der Waals surface area contributed by atoms with Gasteiger partial charge in [0.25, 0.3) is 0 Å². The highest BCUT2D eigenvalue weighted by Gasteiger charge is 2.32. The van der Waals surface area contributed by atoms with E-state index < -0.39 is 5.97 Å². The molecule has 4 aromatic rings. The minimum atomic E-state index is -0.482. The van der Waals surface area contributed by atoms with Crippen molar-refractivity contribution in [3.63, 3.8) is 0 Å². The van der Waals surface area contributed by atoms with E-state index in [4.69, 9.17) is 21.6 Å². The van der Waals surface area contributed by atoms with E-state index >= 15 is 0 Å². The van der Waals surface area contributed by atoms with Crippen LogP contribution in [0.2, 0.25) is 5.02 Å². The lowest BCUT2D eigenvalue weighted by atomic mass is 9.92. The number of amides is 1. The number of hydrogen-bond donors (Lipinski definition) is 1. The van der Waals surface area contributed by atoms with Gasteiger partial charge in [-0.2, -0.15) is 5.26 Å². The Hall–Kier alpha value is -4.62. The summed E-state index contributed by atoms with van der Waals surface area (Å²) in [6.07, 6.45) is 4.02. The molecule has 2 atom stereocenters. The molecule has 1 aliphatic rings. The first-order valence-electron chi connectivity index (χ1n) is 13.7. The Kier molecular flexibility index (Phi) is 8.59. The molecule has 216 valence electrons. The number of nitriles is 1. The molecule has 0 unspecified atom stereocenters. The van der Waals surface area contributed by atoms with Crippen molar-refractivity contribution in [2.75, 3.05) is 30.4 Å². The Labute approximate surface area is 249 Å². The lowest BCUT2D eigenvalue weighted by molar-refractivity contribution is -0.131. The number of carbonyl (C=O) groups is 2. The average molecular weight is 586 g/mol. The van der Waals surface area contributed by atoms with Crippen LogP contribution in [0.5, 0.6) is 0 Å². The maximum absolute atomic E-state index is 13.2. The van der Waals surface area contributed by atoms with Gasteiger partial charge in [0, 0.05) is 37.0 Å². The number of ether oxygens (including phenoxy) is 1. The van der Waals surface area contributed by atoms with Crippen molar-refractivity contribution in [1.29, 1.82) is 5.26 Å². The predicted octanol–water partition coefficient (Wildman–Crippen LogP) is 5.54. The van der Waals surface area contributed by atoms with Crippen molar-refractivity contribution in [1.82, 2.24) is 19.4 Å². The second kappa shape index (κ2) is 12.5. The number of esters is 1. The van der Waals surface area contributed by atoms with Crippen LogP contribution in [0, 0.1) is 24.2 Å². The van der Waals surface area contributed by atoms with Gasteiger partial charge in [-0.1, -0.05) is 36.7 Å². The number of aromatic nitrogens is 3. The fourth-order valence-electron chi connectivity index (χ4n) is 5.36. The molecule has 0 saturated carbocycles. The summed E-state index contributed by atoms with van der Waals surface area (Å²) in [5, 5.41) is 13.7. The lowest BCUT2D eigenvalue weighted by Crippen LogP contribution is -2.52. The Morgan fingerprint density at radius 2 is 1.95 bits per heavy atom. The second-order valence-electron chi connectivity index (χ2n) is 10.5. The molecule has 11 heteroatoms. The summed E-state index contributed by atoms with van der Waals surface area (Å²) < 4.78 is 7.48. The molecule has 2 aromatic carbocycles. The minimum absolute atomic E-state index is 0.0211. The first-order chi connectivity index (χ1) is 20.3. The third-order valence-electron chi connectivity index (χ3n) is 7.89.